The first-order chi connectivity index (χ1) is 10.2. The van der Waals surface area contributed by atoms with Gasteiger partial charge >= 0.3 is 0 Å². The summed E-state index contributed by atoms with van der Waals surface area (Å²) in [4.78, 5) is 13.2. The smallest absolute Gasteiger partial charge is 0.212 e. The molecule has 112 valence electrons. The van der Waals surface area contributed by atoms with Crippen molar-refractivity contribution < 1.29 is 4.74 Å². The molecule has 0 aliphatic carbocycles. The number of nitrogens with zero attached hydrogens (tertiary/aromatic N) is 3. The predicted molar refractivity (Wildman–Crippen MR) is 83.8 cm³/mol. The molecule has 0 aliphatic heterocycles. The molecule has 2 aromatic heterocycles. The maximum absolute atomic E-state index is 5.05. The van der Waals surface area contributed by atoms with Crippen LogP contribution in [0.1, 0.15) is 23.9 Å². The molecule has 0 saturated heterocycles. The Morgan fingerprint density at radius 3 is 2.52 bits per heavy atom. The Bertz CT molecular complexity index is 598. The van der Waals surface area contributed by atoms with Crippen LogP contribution in [0.3, 0.4) is 0 Å². The fourth-order valence-corrected chi connectivity index (χ4v) is 1.96. The minimum atomic E-state index is 0.614. The van der Waals surface area contributed by atoms with Crippen LogP contribution < -0.4 is 15.4 Å². The van der Waals surface area contributed by atoms with E-state index in [4.69, 9.17) is 4.74 Å². The van der Waals surface area contributed by atoms with Crippen molar-refractivity contribution in [3.8, 4) is 5.88 Å². The highest BCUT2D eigenvalue weighted by Crippen LogP contribution is 2.20. The quantitative estimate of drug-likeness (QED) is 0.850. The van der Waals surface area contributed by atoms with E-state index in [-0.39, 0.29) is 0 Å². The van der Waals surface area contributed by atoms with Gasteiger partial charge in [0, 0.05) is 37.8 Å². The maximum atomic E-state index is 5.05. The summed E-state index contributed by atoms with van der Waals surface area (Å²) in [5, 5.41) is 6.45. The Kier molecular flexibility index (Phi) is 4.92. The number of hydrogen-bond acceptors (Lipinski definition) is 6. The van der Waals surface area contributed by atoms with Crippen molar-refractivity contribution in [2.24, 2.45) is 0 Å². The van der Waals surface area contributed by atoms with Gasteiger partial charge in [-0.15, -0.1) is 0 Å². The molecule has 0 aliphatic rings. The van der Waals surface area contributed by atoms with Crippen LogP contribution in [0.4, 0.5) is 11.6 Å². The van der Waals surface area contributed by atoms with Crippen molar-refractivity contribution in [1.29, 1.82) is 0 Å². The van der Waals surface area contributed by atoms with Crippen LogP contribution in [0.15, 0.2) is 18.3 Å². The molecule has 21 heavy (non-hydrogen) atoms. The molecular weight excluding hydrogens is 266 g/mol. The summed E-state index contributed by atoms with van der Waals surface area (Å²) < 4.78 is 5.05. The van der Waals surface area contributed by atoms with Crippen LogP contribution in [-0.2, 0) is 13.0 Å². The van der Waals surface area contributed by atoms with Gasteiger partial charge in [-0.3, -0.25) is 0 Å². The monoisotopic (exact) mass is 287 g/mol. The number of ether oxygens (including phenoxy) is 1. The Labute approximate surface area is 125 Å². The standard InChI is InChI=1S/C15H21N5O/c1-5-12-19-14(16-3)10(2)15(20-12)18-9-11-6-7-13(21-4)17-8-11/h6-8H,5,9H2,1-4H3,(H2,16,18,19,20). The van der Waals surface area contributed by atoms with Crippen molar-refractivity contribution in [2.45, 2.75) is 26.8 Å². The zero-order chi connectivity index (χ0) is 15.2. The minimum absolute atomic E-state index is 0.614. The fraction of sp³-hybridized carbons (Fsp3) is 0.400. The van der Waals surface area contributed by atoms with Gasteiger partial charge in [-0.1, -0.05) is 13.0 Å². The number of anilines is 2. The number of hydrogen-bond donors (Lipinski definition) is 2. The average molecular weight is 287 g/mol. The highest BCUT2D eigenvalue weighted by atomic mass is 16.5. The molecule has 6 heteroatoms. The molecule has 0 spiro atoms. The Balaban J connectivity index is 2.14. The topological polar surface area (TPSA) is 72.0 Å². The van der Waals surface area contributed by atoms with Gasteiger partial charge in [-0.25, -0.2) is 15.0 Å². The third-order valence-electron chi connectivity index (χ3n) is 3.21. The highest BCUT2D eigenvalue weighted by molar-refractivity contribution is 5.57. The van der Waals surface area contributed by atoms with Gasteiger partial charge in [-0.2, -0.15) is 0 Å². The SMILES string of the molecule is CCc1nc(NC)c(C)c(NCc2ccc(OC)nc2)n1. The summed E-state index contributed by atoms with van der Waals surface area (Å²) >= 11 is 0. The Morgan fingerprint density at radius 2 is 1.95 bits per heavy atom. The van der Waals surface area contributed by atoms with Gasteiger partial charge in [0.15, 0.2) is 0 Å². The predicted octanol–water partition coefficient (Wildman–Crippen LogP) is 2.40. The van der Waals surface area contributed by atoms with Crippen molar-refractivity contribution in [2.75, 3.05) is 24.8 Å². The lowest BCUT2D eigenvalue weighted by Gasteiger charge is -2.13. The second kappa shape index (κ2) is 6.88. The maximum Gasteiger partial charge on any atom is 0.212 e. The molecular formula is C15H21N5O. The van der Waals surface area contributed by atoms with Crippen molar-refractivity contribution in [3.63, 3.8) is 0 Å². The zero-order valence-electron chi connectivity index (χ0n) is 12.9. The van der Waals surface area contributed by atoms with E-state index in [0.29, 0.717) is 12.4 Å². The Morgan fingerprint density at radius 1 is 1.19 bits per heavy atom. The lowest BCUT2D eigenvalue weighted by Crippen LogP contribution is -2.09. The Hall–Kier alpha value is -2.37. The molecule has 0 amide bonds. The number of nitrogens with one attached hydrogen (secondary N) is 2. The second-order valence-electron chi connectivity index (χ2n) is 4.63. The fourth-order valence-electron chi connectivity index (χ4n) is 1.96. The molecule has 0 fully saturated rings. The van der Waals surface area contributed by atoms with Crippen LogP contribution in [0, 0.1) is 6.92 Å². The van der Waals surface area contributed by atoms with E-state index in [2.05, 4.69) is 25.6 Å². The number of aryl methyl sites for hydroxylation is 1. The van der Waals surface area contributed by atoms with Crippen molar-refractivity contribution in [3.05, 3.63) is 35.3 Å². The lowest BCUT2D eigenvalue weighted by molar-refractivity contribution is 0.397. The number of rotatable bonds is 6. The molecule has 0 aromatic carbocycles. The van der Waals surface area contributed by atoms with Gasteiger partial charge in [0.05, 0.1) is 7.11 Å². The van der Waals surface area contributed by atoms with E-state index in [1.807, 2.05) is 33.0 Å². The van der Waals surface area contributed by atoms with Crippen LogP contribution >= 0.6 is 0 Å². The molecule has 0 atom stereocenters. The van der Waals surface area contributed by atoms with Crippen LogP contribution in [0.2, 0.25) is 0 Å². The first-order valence-corrected chi connectivity index (χ1v) is 6.96. The van der Waals surface area contributed by atoms with E-state index in [1.54, 1.807) is 13.3 Å². The molecule has 6 nitrogen and oxygen atoms in total. The van der Waals surface area contributed by atoms with E-state index >= 15 is 0 Å². The van der Waals surface area contributed by atoms with Crippen LogP contribution in [0.5, 0.6) is 5.88 Å². The largest absolute Gasteiger partial charge is 0.481 e. The average Bonchev–Trinajstić information content (AvgIpc) is 2.54. The van der Waals surface area contributed by atoms with Crippen LogP contribution in [-0.4, -0.2) is 29.1 Å². The minimum Gasteiger partial charge on any atom is -0.481 e. The van der Waals surface area contributed by atoms with Gasteiger partial charge in [0.2, 0.25) is 5.88 Å². The zero-order valence-corrected chi connectivity index (χ0v) is 12.9. The summed E-state index contributed by atoms with van der Waals surface area (Å²) in [5.41, 5.74) is 2.08. The first-order valence-electron chi connectivity index (χ1n) is 6.96. The molecule has 2 rings (SSSR count). The molecule has 2 heterocycles. The van der Waals surface area contributed by atoms with E-state index in [1.165, 1.54) is 0 Å². The molecule has 2 aromatic rings. The molecule has 0 saturated carbocycles. The van der Waals surface area contributed by atoms with E-state index in [9.17, 15) is 0 Å². The summed E-state index contributed by atoms with van der Waals surface area (Å²) in [6.07, 6.45) is 2.59. The van der Waals surface area contributed by atoms with Crippen molar-refractivity contribution >= 4 is 11.6 Å². The summed E-state index contributed by atoms with van der Waals surface area (Å²) in [6, 6.07) is 3.83. The summed E-state index contributed by atoms with van der Waals surface area (Å²) in [6.45, 7) is 4.70. The number of pyridine rings is 1. The molecule has 0 unspecified atom stereocenters. The van der Waals surface area contributed by atoms with E-state index < -0.39 is 0 Å². The summed E-state index contributed by atoms with van der Waals surface area (Å²) in [5.74, 6) is 3.14. The summed E-state index contributed by atoms with van der Waals surface area (Å²) in [7, 11) is 3.47. The third-order valence-corrected chi connectivity index (χ3v) is 3.21. The molecule has 0 radical (unpaired) electrons. The number of aromatic nitrogens is 3. The van der Waals surface area contributed by atoms with E-state index in [0.717, 1.165) is 35.0 Å². The normalized spacial score (nSPS) is 10.3. The van der Waals surface area contributed by atoms with Gasteiger partial charge in [0.1, 0.15) is 17.5 Å². The van der Waals surface area contributed by atoms with Gasteiger partial charge in [0.25, 0.3) is 0 Å². The third kappa shape index (κ3) is 3.59. The van der Waals surface area contributed by atoms with Crippen LogP contribution in [0.25, 0.3) is 0 Å². The lowest BCUT2D eigenvalue weighted by atomic mass is 10.2. The molecule has 2 N–H and O–H groups in total. The van der Waals surface area contributed by atoms with Gasteiger partial charge < -0.3 is 15.4 Å². The van der Waals surface area contributed by atoms with Crippen molar-refractivity contribution in [1.82, 2.24) is 15.0 Å². The first kappa shape index (κ1) is 15.0. The highest BCUT2D eigenvalue weighted by Gasteiger charge is 2.09. The molecule has 0 bridgehead atoms. The second-order valence-corrected chi connectivity index (χ2v) is 4.63. The van der Waals surface area contributed by atoms with Gasteiger partial charge in [-0.05, 0) is 12.5 Å². The number of methoxy groups -OCH3 is 1.